The van der Waals surface area contributed by atoms with E-state index in [-0.39, 0.29) is 29.6 Å². The fraction of sp³-hybridized carbons (Fsp3) is 0.625. The highest BCUT2D eigenvalue weighted by atomic mass is 16.2. The summed E-state index contributed by atoms with van der Waals surface area (Å²) in [6.45, 7) is 8.09. The second kappa shape index (κ2) is 9.28. The lowest BCUT2D eigenvalue weighted by atomic mass is 10.0. The van der Waals surface area contributed by atoms with Crippen LogP contribution in [0.3, 0.4) is 0 Å². The van der Waals surface area contributed by atoms with E-state index in [9.17, 15) is 14.4 Å². The Balaban J connectivity index is 1.54. The number of hydrogen-bond donors (Lipinski definition) is 1. The van der Waals surface area contributed by atoms with E-state index in [0.717, 1.165) is 64.0 Å². The monoisotopic (exact) mass is 426 g/mol. The molecule has 2 aliphatic heterocycles. The van der Waals surface area contributed by atoms with Crippen LogP contribution < -0.4 is 10.2 Å². The number of amides is 3. The lowest BCUT2D eigenvalue weighted by Crippen LogP contribution is -2.49. The molecule has 1 aliphatic carbocycles. The molecule has 168 valence electrons. The van der Waals surface area contributed by atoms with Gasteiger partial charge >= 0.3 is 0 Å². The molecule has 3 amide bonds. The van der Waals surface area contributed by atoms with Crippen molar-refractivity contribution in [3.8, 4) is 0 Å². The van der Waals surface area contributed by atoms with Crippen molar-refractivity contribution >= 4 is 29.1 Å². The Morgan fingerprint density at radius 3 is 2.19 bits per heavy atom. The van der Waals surface area contributed by atoms with Crippen LogP contribution in [0.25, 0.3) is 0 Å². The van der Waals surface area contributed by atoms with Gasteiger partial charge in [0.25, 0.3) is 5.91 Å². The minimum Gasteiger partial charge on any atom is -0.367 e. The second-order valence-corrected chi connectivity index (χ2v) is 9.32. The summed E-state index contributed by atoms with van der Waals surface area (Å²) >= 11 is 0. The lowest BCUT2D eigenvalue weighted by Gasteiger charge is -2.37. The van der Waals surface area contributed by atoms with Crippen molar-refractivity contribution in [1.82, 2.24) is 9.80 Å². The minimum atomic E-state index is -0.127. The molecule has 7 heteroatoms. The molecule has 2 saturated heterocycles. The summed E-state index contributed by atoms with van der Waals surface area (Å²) in [6.07, 6.45) is 5.28. The van der Waals surface area contributed by atoms with E-state index in [1.165, 1.54) is 0 Å². The van der Waals surface area contributed by atoms with Gasteiger partial charge in [-0.15, -0.1) is 0 Å². The summed E-state index contributed by atoms with van der Waals surface area (Å²) in [5, 5.41) is 2.93. The van der Waals surface area contributed by atoms with Crippen LogP contribution in [0.2, 0.25) is 0 Å². The van der Waals surface area contributed by atoms with Crippen molar-refractivity contribution < 1.29 is 14.4 Å². The van der Waals surface area contributed by atoms with Gasteiger partial charge in [0, 0.05) is 62.5 Å². The first-order valence-corrected chi connectivity index (χ1v) is 11.7. The molecule has 1 aromatic rings. The van der Waals surface area contributed by atoms with Gasteiger partial charge in [0.15, 0.2) is 0 Å². The summed E-state index contributed by atoms with van der Waals surface area (Å²) in [5.74, 6) is 0.379. The van der Waals surface area contributed by atoms with Crippen LogP contribution in [-0.2, 0) is 9.59 Å². The maximum atomic E-state index is 13.4. The van der Waals surface area contributed by atoms with Crippen molar-refractivity contribution in [2.75, 3.05) is 49.5 Å². The number of anilines is 2. The molecule has 0 aromatic heterocycles. The number of nitrogens with one attached hydrogen (secondary N) is 1. The number of carbonyl (C=O) groups is 3. The Bertz CT molecular complexity index is 835. The normalized spacial score (nSPS) is 19.5. The van der Waals surface area contributed by atoms with E-state index in [4.69, 9.17) is 0 Å². The summed E-state index contributed by atoms with van der Waals surface area (Å²) in [7, 11) is 0. The van der Waals surface area contributed by atoms with Crippen molar-refractivity contribution in [3.05, 3.63) is 23.8 Å². The van der Waals surface area contributed by atoms with Crippen LogP contribution in [0.5, 0.6) is 0 Å². The van der Waals surface area contributed by atoms with Crippen molar-refractivity contribution in [3.63, 3.8) is 0 Å². The van der Waals surface area contributed by atoms with Crippen LogP contribution in [0.4, 0.5) is 11.4 Å². The van der Waals surface area contributed by atoms with Crippen LogP contribution in [-0.4, -0.2) is 66.8 Å². The van der Waals surface area contributed by atoms with E-state index in [0.29, 0.717) is 24.3 Å². The van der Waals surface area contributed by atoms with Gasteiger partial charge in [0.1, 0.15) is 0 Å². The molecule has 0 bridgehead atoms. The number of benzene rings is 1. The summed E-state index contributed by atoms with van der Waals surface area (Å²) in [4.78, 5) is 44.1. The molecule has 31 heavy (non-hydrogen) atoms. The lowest BCUT2D eigenvalue weighted by molar-refractivity contribution is -0.132. The van der Waals surface area contributed by atoms with Gasteiger partial charge in [0.05, 0.1) is 5.56 Å². The van der Waals surface area contributed by atoms with Gasteiger partial charge in [0.2, 0.25) is 11.8 Å². The standard InChI is InChI=1S/C24H34N4O3/c1-17(2)22(29)25-19-8-9-21(20(16-19)24(31)27-10-4-3-5-11-27)26-12-14-28(15-13-26)23(30)18-6-7-18/h8-9,16-18H,3-7,10-15H2,1-2H3,(H,25,29). The van der Waals surface area contributed by atoms with Gasteiger partial charge in [-0.1, -0.05) is 13.8 Å². The van der Waals surface area contributed by atoms with E-state index in [1.54, 1.807) is 0 Å². The Labute approximate surface area is 184 Å². The second-order valence-electron chi connectivity index (χ2n) is 9.32. The SMILES string of the molecule is CC(C)C(=O)Nc1ccc(N2CCN(C(=O)C3CC3)CC2)c(C(=O)N2CCCCC2)c1. The predicted octanol–water partition coefficient (Wildman–Crippen LogP) is 2.97. The van der Waals surface area contributed by atoms with Crippen LogP contribution in [0.1, 0.15) is 56.3 Å². The molecule has 2 heterocycles. The topological polar surface area (TPSA) is 73.0 Å². The van der Waals surface area contributed by atoms with Crippen molar-refractivity contribution in [2.45, 2.75) is 46.0 Å². The maximum Gasteiger partial charge on any atom is 0.256 e. The predicted molar refractivity (Wildman–Crippen MR) is 121 cm³/mol. The van der Waals surface area contributed by atoms with Gasteiger partial charge in [-0.05, 0) is 50.3 Å². The molecule has 0 radical (unpaired) electrons. The van der Waals surface area contributed by atoms with Gasteiger partial charge in [-0.25, -0.2) is 0 Å². The number of carbonyl (C=O) groups excluding carboxylic acids is 3. The summed E-state index contributed by atoms with van der Waals surface area (Å²) < 4.78 is 0. The van der Waals surface area contributed by atoms with E-state index in [2.05, 4.69) is 10.2 Å². The van der Waals surface area contributed by atoms with Crippen molar-refractivity contribution in [1.29, 1.82) is 0 Å². The average molecular weight is 427 g/mol. The molecule has 1 aromatic carbocycles. The highest BCUT2D eigenvalue weighted by Gasteiger charge is 2.35. The Kier molecular flexibility index (Phi) is 6.49. The number of piperidine rings is 1. The van der Waals surface area contributed by atoms with E-state index >= 15 is 0 Å². The highest BCUT2D eigenvalue weighted by Crippen LogP contribution is 2.32. The Morgan fingerprint density at radius 1 is 0.903 bits per heavy atom. The molecule has 0 atom stereocenters. The highest BCUT2D eigenvalue weighted by molar-refractivity contribution is 6.02. The Morgan fingerprint density at radius 2 is 1.58 bits per heavy atom. The van der Waals surface area contributed by atoms with Crippen LogP contribution in [0, 0.1) is 11.8 Å². The number of rotatable bonds is 5. The quantitative estimate of drug-likeness (QED) is 0.786. The number of nitrogens with zero attached hydrogens (tertiary/aromatic N) is 3. The number of hydrogen-bond acceptors (Lipinski definition) is 4. The molecule has 3 fully saturated rings. The Hall–Kier alpha value is -2.57. The molecule has 4 rings (SSSR count). The first-order valence-electron chi connectivity index (χ1n) is 11.7. The molecule has 1 N–H and O–H groups in total. The molecule has 7 nitrogen and oxygen atoms in total. The fourth-order valence-electron chi connectivity index (χ4n) is 4.37. The zero-order chi connectivity index (χ0) is 22.0. The summed E-state index contributed by atoms with van der Waals surface area (Å²) in [5.41, 5.74) is 2.20. The van der Waals surface area contributed by atoms with Gasteiger partial charge < -0.3 is 20.0 Å². The zero-order valence-electron chi connectivity index (χ0n) is 18.7. The molecule has 1 saturated carbocycles. The third-order valence-electron chi connectivity index (χ3n) is 6.52. The van der Waals surface area contributed by atoms with Crippen LogP contribution in [0.15, 0.2) is 18.2 Å². The largest absolute Gasteiger partial charge is 0.367 e. The van der Waals surface area contributed by atoms with Crippen molar-refractivity contribution in [2.24, 2.45) is 11.8 Å². The zero-order valence-corrected chi connectivity index (χ0v) is 18.7. The molecule has 0 spiro atoms. The first-order chi connectivity index (χ1) is 14.9. The van der Waals surface area contributed by atoms with E-state index < -0.39 is 0 Å². The summed E-state index contributed by atoms with van der Waals surface area (Å²) in [6, 6.07) is 5.66. The van der Waals surface area contributed by atoms with Crippen LogP contribution >= 0.6 is 0 Å². The van der Waals surface area contributed by atoms with Gasteiger partial charge in [-0.2, -0.15) is 0 Å². The maximum absolute atomic E-state index is 13.4. The molecule has 3 aliphatic rings. The smallest absolute Gasteiger partial charge is 0.256 e. The minimum absolute atomic E-state index is 0.0341. The third kappa shape index (κ3) is 5.02. The molecular weight excluding hydrogens is 392 g/mol. The number of piperazine rings is 1. The fourth-order valence-corrected chi connectivity index (χ4v) is 4.37. The molecular formula is C24H34N4O3. The first kappa shape index (κ1) is 21.7. The van der Waals surface area contributed by atoms with E-state index in [1.807, 2.05) is 41.8 Å². The molecule has 0 unspecified atom stereocenters. The number of likely N-dealkylation sites (tertiary alicyclic amines) is 1. The average Bonchev–Trinajstić information content (AvgIpc) is 3.64. The van der Waals surface area contributed by atoms with Gasteiger partial charge in [-0.3, -0.25) is 14.4 Å². The third-order valence-corrected chi connectivity index (χ3v) is 6.52.